The molecule has 2 aliphatic heterocycles. The molecule has 2 aromatic rings. The van der Waals surface area contributed by atoms with Gasteiger partial charge in [-0.05, 0) is 12.8 Å². The zero-order valence-corrected chi connectivity index (χ0v) is 14.3. The van der Waals surface area contributed by atoms with Crippen molar-refractivity contribution in [2.24, 2.45) is 0 Å². The number of ether oxygens (including phenoxy) is 1. The van der Waals surface area contributed by atoms with E-state index in [1.165, 1.54) is 0 Å². The van der Waals surface area contributed by atoms with Crippen molar-refractivity contribution in [3.8, 4) is 11.3 Å². The van der Waals surface area contributed by atoms with Gasteiger partial charge in [0.1, 0.15) is 6.10 Å². The molecule has 25 heavy (non-hydrogen) atoms. The van der Waals surface area contributed by atoms with Crippen molar-refractivity contribution in [2.45, 2.75) is 25.5 Å². The zero-order valence-electron chi connectivity index (χ0n) is 14.3. The molecule has 0 N–H and O–H groups in total. The first-order chi connectivity index (χ1) is 12.3. The Hall–Kier alpha value is -2.18. The highest BCUT2D eigenvalue weighted by Gasteiger charge is 2.30. The molecule has 6 heteroatoms. The van der Waals surface area contributed by atoms with Crippen molar-refractivity contribution in [1.82, 2.24) is 14.8 Å². The maximum absolute atomic E-state index is 12.4. The van der Waals surface area contributed by atoms with E-state index in [1.807, 2.05) is 35.2 Å². The molecule has 0 spiro atoms. The third kappa shape index (κ3) is 3.75. The van der Waals surface area contributed by atoms with Gasteiger partial charge in [-0.15, -0.1) is 0 Å². The number of oxazole rings is 1. The number of hydrogen-bond donors (Lipinski definition) is 0. The van der Waals surface area contributed by atoms with Crippen LogP contribution in [0.15, 0.2) is 40.9 Å². The highest BCUT2D eigenvalue weighted by atomic mass is 16.5. The van der Waals surface area contributed by atoms with Crippen molar-refractivity contribution in [3.05, 3.63) is 42.4 Å². The second-order valence-corrected chi connectivity index (χ2v) is 6.59. The highest BCUT2D eigenvalue weighted by Crippen LogP contribution is 2.21. The van der Waals surface area contributed by atoms with Crippen LogP contribution in [-0.4, -0.2) is 59.6 Å². The summed E-state index contributed by atoms with van der Waals surface area (Å²) in [6.45, 7) is 4.54. The number of carbonyl (C=O) groups excluding carboxylic acids is 1. The van der Waals surface area contributed by atoms with Crippen LogP contribution in [0.4, 0.5) is 0 Å². The summed E-state index contributed by atoms with van der Waals surface area (Å²) >= 11 is 0. The fourth-order valence-electron chi connectivity index (χ4n) is 3.41. The molecule has 2 saturated heterocycles. The topological polar surface area (TPSA) is 58.8 Å². The molecule has 0 aliphatic carbocycles. The number of benzene rings is 1. The third-order valence-corrected chi connectivity index (χ3v) is 4.86. The van der Waals surface area contributed by atoms with E-state index in [1.54, 1.807) is 6.20 Å². The number of hydrogen-bond acceptors (Lipinski definition) is 5. The lowest BCUT2D eigenvalue weighted by atomic mass is 10.2. The molecule has 0 radical (unpaired) electrons. The Morgan fingerprint density at radius 1 is 1.16 bits per heavy atom. The van der Waals surface area contributed by atoms with Crippen LogP contribution in [0.25, 0.3) is 11.3 Å². The number of amides is 1. The lowest BCUT2D eigenvalue weighted by Gasteiger charge is -2.35. The summed E-state index contributed by atoms with van der Waals surface area (Å²) in [5.41, 5.74) is 1.04. The lowest BCUT2D eigenvalue weighted by molar-refractivity contribution is -0.142. The molecule has 0 bridgehead atoms. The van der Waals surface area contributed by atoms with E-state index in [2.05, 4.69) is 9.88 Å². The van der Waals surface area contributed by atoms with Crippen LogP contribution in [0.2, 0.25) is 0 Å². The first-order valence-corrected chi connectivity index (χ1v) is 8.92. The molecule has 2 aliphatic rings. The quantitative estimate of drug-likeness (QED) is 0.853. The Balaban J connectivity index is 1.30. The standard InChI is InChI=1S/C19H23N3O3/c23-19(16-7-4-12-24-16)22-10-8-21(9-11-22)14-18-20-13-17(25-18)15-5-2-1-3-6-15/h1-3,5-6,13,16H,4,7-12,14H2. The molecule has 1 unspecified atom stereocenters. The first-order valence-electron chi connectivity index (χ1n) is 8.92. The predicted octanol–water partition coefficient (Wildman–Crippen LogP) is 2.16. The van der Waals surface area contributed by atoms with Gasteiger partial charge in [0.05, 0.1) is 12.7 Å². The van der Waals surface area contributed by atoms with Gasteiger partial charge in [-0.1, -0.05) is 30.3 Å². The largest absolute Gasteiger partial charge is 0.439 e. The SMILES string of the molecule is O=C(C1CCCO1)N1CCN(Cc2ncc(-c3ccccc3)o2)CC1. The summed E-state index contributed by atoms with van der Waals surface area (Å²) in [7, 11) is 0. The van der Waals surface area contributed by atoms with Gasteiger partial charge >= 0.3 is 0 Å². The van der Waals surface area contributed by atoms with Gasteiger partial charge in [-0.3, -0.25) is 9.69 Å². The lowest BCUT2D eigenvalue weighted by Crippen LogP contribution is -2.51. The Morgan fingerprint density at radius 3 is 2.68 bits per heavy atom. The molecule has 3 heterocycles. The molecule has 132 valence electrons. The number of aromatic nitrogens is 1. The molecule has 1 aromatic carbocycles. The van der Waals surface area contributed by atoms with Crippen molar-refractivity contribution >= 4 is 5.91 Å². The van der Waals surface area contributed by atoms with Crippen LogP contribution in [-0.2, 0) is 16.1 Å². The van der Waals surface area contributed by atoms with Crippen LogP contribution in [0.1, 0.15) is 18.7 Å². The number of carbonyl (C=O) groups is 1. The zero-order chi connectivity index (χ0) is 17.1. The summed E-state index contributed by atoms with van der Waals surface area (Å²) in [4.78, 5) is 21.0. The molecule has 1 aromatic heterocycles. The summed E-state index contributed by atoms with van der Waals surface area (Å²) in [5, 5.41) is 0. The maximum Gasteiger partial charge on any atom is 0.251 e. The Kier molecular flexibility index (Phi) is 4.81. The van der Waals surface area contributed by atoms with Gasteiger partial charge < -0.3 is 14.1 Å². The van der Waals surface area contributed by atoms with Crippen LogP contribution in [0.3, 0.4) is 0 Å². The van der Waals surface area contributed by atoms with Crippen molar-refractivity contribution in [3.63, 3.8) is 0 Å². The highest BCUT2D eigenvalue weighted by molar-refractivity contribution is 5.81. The van der Waals surface area contributed by atoms with Gasteiger partial charge in [0.25, 0.3) is 5.91 Å². The van der Waals surface area contributed by atoms with Crippen LogP contribution < -0.4 is 0 Å². The Bertz CT molecular complexity index is 702. The minimum atomic E-state index is -0.216. The monoisotopic (exact) mass is 341 g/mol. The van der Waals surface area contributed by atoms with E-state index in [4.69, 9.17) is 9.15 Å². The number of piperazine rings is 1. The van der Waals surface area contributed by atoms with Crippen molar-refractivity contribution in [2.75, 3.05) is 32.8 Å². The second-order valence-electron chi connectivity index (χ2n) is 6.59. The number of rotatable bonds is 4. The smallest absolute Gasteiger partial charge is 0.251 e. The minimum absolute atomic E-state index is 0.152. The van der Waals surface area contributed by atoms with E-state index in [-0.39, 0.29) is 12.0 Å². The third-order valence-electron chi connectivity index (χ3n) is 4.86. The van der Waals surface area contributed by atoms with Crippen LogP contribution in [0.5, 0.6) is 0 Å². The average Bonchev–Trinajstić information content (AvgIpc) is 3.35. The van der Waals surface area contributed by atoms with Crippen LogP contribution >= 0.6 is 0 Å². The molecule has 1 amide bonds. The van der Waals surface area contributed by atoms with E-state index >= 15 is 0 Å². The average molecular weight is 341 g/mol. The van der Waals surface area contributed by atoms with Gasteiger partial charge in [-0.25, -0.2) is 4.98 Å². The summed E-state index contributed by atoms with van der Waals surface area (Å²) in [6.07, 6.45) is 3.41. The Morgan fingerprint density at radius 2 is 1.96 bits per heavy atom. The molecule has 4 rings (SSSR count). The molecule has 1 atom stereocenters. The van der Waals surface area contributed by atoms with Crippen LogP contribution in [0, 0.1) is 0 Å². The molecular formula is C19H23N3O3. The molecule has 0 saturated carbocycles. The van der Waals surface area contributed by atoms with Gasteiger partial charge in [0.2, 0.25) is 5.89 Å². The van der Waals surface area contributed by atoms with Gasteiger partial charge in [0.15, 0.2) is 5.76 Å². The number of nitrogens with zero attached hydrogens (tertiary/aromatic N) is 3. The normalized spacial score (nSPS) is 21.6. The predicted molar refractivity (Wildman–Crippen MR) is 92.8 cm³/mol. The fourth-order valence-corrected chi connectivity index (χ4v) is 3.41. The van der Waals surface area contributed by atoms with E-state index < -0.39 is 0 Å². The van der Waals surface area contributed by atoms with E-state index in [0.29, 0.717) is 13.2 Å². The summed E-state index contributed by atoms with van der Waals surface area (Å²) in [6, 6.07) is 9.99. The minimum Gasteiger partial charge on any atom is -0.439 e. The fraction of sp³-hybridized carbons (Fsp3) is 0.474. The van der Waals surface area contributed by atoms with E-state index in [0.717, 1.165) is 56.2 Å². The Labute approximate surface area is 147 Å². The van der Waals surface area contributed by atoms with Gasteiger partial charge in [-0.2, -0.15) is 0 Å². The maximum atomic E-state index is 12.4. The molecule has 2 fully saturated rings. The summed E-state index contributed by atoms with van der Waals surface area (Å²) < 4.78 is 11.4. The first kappa shape index (κ1) is 16.3. The molecule has 6 nitrogen and oxygen atoms in total. The van der Waals surface area contributed by atoms with Crippen molar-refractivity contribution in [1.29, 1.82) is 0 Å². The van der Waals surface area contributed by atoms with E-state index in [9.17, 15) is 4.79 Å². The van der Waals surface area contributed by atoms with Crippen molar-refractivity contribution < 1.29 is 13.9 Å². The molecular weight excluding hydrogens is 318 g/mol. The van der Waals surface area contributed by atoms with Gasteiger partial charge in [0, 0.05) is 38.3 Å². The summed E-state index contributed by atoms with van der Waals surface area (Å²) in [5.74, 6) is 1.67. The second kappa shape index (κ2) is 7.37.